The van der Waals surface area contributed by atoms with Gasteiger partial charge in [0.05, 0.1) is 30.1 Å². The minimum atomic E-state index is -0.357. The zero-order valence-electron chi connectivity index (χ0n) is 21.4. The number of thiophene rings is 2. The second kappa shape index (κ2) is 11.7. The van der Waals surface area contributed by atoms with Crippen LogP contribution >= 0.6 is 34.4 Å². The molecule has 5 rings (SSSR count). The van der Waals surface area contributed by atoms with Gasteiger partial charge in [-0.15, -0.1) is 32.9 Å². The third-order valence-corrected chi connectivity index (χ3v) is 9.45. The summed E-state index contributed by atoms with van der Waals surface area (Å²) in [5, 5.41) is 15.3. The molecule has 1 atom stereocenters. The van der Waals surface area contributed by atoms with Gasteiger partial charge in [0.25, 0.3) is 0 Å². The first kappa shape index (κ1) is 26.4. The zero-order valence-corrected chi connectivity index (χ0v) is 23.8. The predicted molar refractivity (Wildman–Crippen MR) is 148 cm³/mol. The quantitative estimate of drug-likeness (QED) is 0.264. The first-order chi connectivity index (χ1) is 17.9. The van der Waals surface area contributed by atoms with Gasteiger partial charge in [-0.05, 0) is 70.9 Å². The van der Waals surface area contributed by atoms with E-state index in [1.54, 1.807) is 11.3 Å². The molecule has 1 aliphatic carbocycles. The zero-order chi connectivity index (χ0) is 25.9. The second-order valence-electron chi connectivity index (χ2n) is 9.70. The van der Waals surface area contributed by atoms with Crippen LogP contribution in [0.15, 0.2) is 16.6 Å². The van der Waals surface area contributed by atoms with E-state index in [0.29, 0.717) is 22.3 Å². The molecule has 1 saturated heterocycles. The van der Waals surface area contributed by atoms with Crippen LogP contribution in [0, 0.1) is 6.92 Å². The van der Waals surface area contributed by atoms with Crippen LogP contribution in [-0.2, 0) is 33.7 Å². The van der Waals surface area contributed by atoms with Crippen molar-refractivity contribution in [2.75, 3.05) is 17.7 Å². The van der Waals surface area contributed by atoms with E-state index in [0.717, 1.165) is 62.1 Å². The van der Waals surface area contributed by atoms with Gasteiger partial charge >= 0.3 is 5.97 Å². The van der Waals surface area contributed by atoms with Crippen molar-refractivity contribution in [1.29, 1.82) is 0 Å². The Bertz CT molecular complexity index is 1270. The van der Waals surface area contributed by atoms with E-state index in [9.17, 15) is 9.59 Å². The van der Waals surface area contributed by atoms with Gasteiger partial charge < -0.3 is 14.8 Å². The molecule has 0 aromatic carbocycles. The summed E-state index contributed by atoms with van der Waals surface area (Å²) in [4.78, 5) is 28.4. The second-order valence-corrected chi connectivity index (χ2v) is 12.9. The molecular formula is C26H32N4O4S3. The largest absolute Gasteiger partial charge is 0.459 e. The van der Waals surface area contributed by atoms with Crippen molar-refractivity contribution < 1.29 is 19.1 Å². The van der Waals surface area contributed by atoms with Crippen molar-refractivity contribution in [3.63, 3.8) is 0 Å². The maximum atomic E-state index is 13.1. The molecule has 198 valence electrons. The minimum Gasteiger partial charge on any atom is -0.459 e. The fourth-order valence-corrected chi connectivity index (χ4v) is 7.48. The number of hydrogen-bond donors (Lipinski definition) is 1. The van der Waals surface area contributed by atoms with E-state index in [1.807, 2.05) is 13.8 Å². The van der Waals surface area contributed by atoms with Gasteiger partial charge in [-0.1, -0.05) is 11.8 Å². The number of hydrogen-bond acceptors (Lipinski definition) is 9. The molecule has 1 unspecified atom stereocenters. The molecule has 1 N–H and O–H groups in total. The highest BCUT2D eigenvalue weighted by atomic mass is 32.2. The molecule has 4 heterocycles. The Labute approximate surface area is 229 Å². The van der Waals surface area contributed by atoms with E-state index in [2.05, 4.69) is 38.5 Å². The van der Waals surface area contributed by atoms with Crippen molar-refractivity contribution >= 4 is 51.3 Å². The number of anilines is 1. The van der Waals surface area contributed by atoms with Crippen LogP contribution in [0.25, 0.3) is 11.4 Å². The Morgan fingerprint density at radius 2 is 2.11 bits per heavy atom. The average molecular weight is 561 g/mol. The SMILES string of the molecule is Cc1cc(-c2nnc(SCC(=O)Nc3sc4c(c3C(=O)OC(C)C)CCCC4)n2CC2CCCO2)cs1. The molecule has 8 nitrogen and oxygen atoms in total. The maximum absolute atomic E-state index is 13.1. The van der Waals surface area contributed by atoms with Gasteiger partial charge in [0.2, 0.25) is 5.91 Å². The summed E-state index contributed by atoms with van der Waals surface area (Å²) in [6.07, 6.45) is 5.88. The standard InChI is InChI=1S/C26H32N4O4S3/c1-15(2)34-25(32)22-19-8-4-5-9-20(19)37-24(22)27-21(31)14-36-26-29-28-23(17-11-16(3)35-13-17)30(26)12-18-7-6-10-33-18/h11,13,15,18H,4-10,12,14H2,1-3H3,(H,27,31). The van der Waals surface area contributed by atoms with Crippen LogP contribution in [0.1, 0.15) is 65.2 Å². The lowest BCUT2D eigenvalue weighted by Crippen LogP contribution is -2.19. The molecule has 2 aliphatic rings. The Kier molecular flexibility index (Phi) is 8.33. The van der Waals surface area contributed by atoms with Crippen molar-refractivity contribution in [2.45, 2.75) is 83.2 Å². The van der Waals surface area contributed by atoms with Crippen LogP contribution < -0.4 is 5.32 Å². The van der Waals surface area contributed by atoms with Crippen LogP contribution in [0.5, 0.6) is 0 Å². The van der Waals surface area contributed by atoms with Crippen molar-refractivity contribution in [2.24, 2.45) is 0 Å². The lowest BCUT2D eigenvalue weighted by Gasteiger charge is -2.14. The molecule has 1 fully saturated rings. The predicted octanol–water partition coefficient (Wildman–Crippen LogP) is 5.73. The first-order valence-electron chi connectivity index (χ1n) is 12.8. The highest BCUT2D eigenvalue weighted by molar-refractivity contribution is 7.99. The number of aromatic nitrogens is 3. The highest BCUT2D eigenvalue weighted by Gasteiger charge is 2.28. The topological polar surface area (TPSA) is 95.3 Å². The highest BCUT2D eigenvalue weighted by Crippen LogP contribution is 2.39. The van der Waals surface area contributed by atoms with Crippen LogP contribution in [-0.4, -0.2) is 51.2 Å². The number of carbonyl (C=O) groups excluding carboxylic acids is 2. The van der Waals surface area contributed by atoms with E-state index in [-0.39, 0.29) is 29.8 Å². The number of nitrogens with one attached hydrogen (secondary N) is 1. The lowest BCUT2D eigenvalue weighted by molar-refractivity contribution is -0.113. The molecule has 37 heavy (non-hydrogen) atoms. The van der Waals surface area contributed by atoms with E-state index < -0.39 is 0 Å². The van der Waals surface area contributed by atoms with E-state index in [1.165, 1.54) is 32.9 Å². The number of aryl methyl sites for hydroxylation is 2. The Balaban J connectivity index is 1.32. The molecule has 1 aliphatic heterocycles. The van der Waals surface area contributed by atoms with Gasteiger partial charge in [0, 0.05) is 27.3 Å². The average Bonchev–Trinajstić information content (AvgIpc) is 3.64. The Hall–Kier alpha value is -2.21. The normalized spacial score (nSPS) is 17.2. The summed E-state index contributed by atoms with van der Waals surface area (Å²) >= 11 is 4.54. The van der Waals surface area contributed by atoms with Crippen molar-refractivity contribution in [3.05, 3.63) is 32.3 Å². The number of thioether (sulfide) groups is 1. The van der Waals surface area contributed by atoms with Crippen molar-refractivity contribution in [1.82, 2.24) is 14.8 Å². The number of rotatable bonds is 9. The molecule has 3 aromatic rings. The number of fused-ring (bicyclic) bond motifs is 1. The molecule has 3 aromatic heterocycles. The van der Waals surface area contributed by atoms with Crippen molar-refractivity contribution in [3.8, 4) is 11.4 Å². The summed E-state index contributed by atoms with van der Waals surface area (Å²) in [6.45, 7) is 7.18. The molecule has 11 heteroatoms. The fraction of sp³-hybridized carbons (Fsp3) is 0.538. The summed E-state index contributed by atoms with van der Waals surface area (Å²) in [6, 6.07) is 2.11. The number of carbonyl (C=O) groups is 2. The van der Waals surface area contributed by atoms with Gasteiger partial charge in [0.15, 0.2) is 11.0 Å². The number of amides is 1. The summed E-state index contributed by atoms with van der Waals surface area (Å²) in [5.74, 6) is 0.423. The lowest BCUT2D eigenvalue weighted by atomic mass is 9.95. The number of ether oxygens (including phenoxy) is 2. The third-order valence-electron chi connectivity index (χ3n) is 6.42. The summed E-state index contributed by atoms with van der Waals surface area (Å²) < 4.78 is 13.5. The van der Waals surface area contributed by atoms with Gasteiger partial charge in [0.1, 0.15) is 5.00 Å². The molecule has 0 spiro atoms. The fourth-order valence-electron chi connectivity index (χ4n) is 4.76. The first-order valence-corrected chi connectivity index (χ1v) is 15.5. The van der Waals surface area contributed by atoms with Crippen LogP contribution in [0.4, 0.5) is 5.00 Å². The molecule has 0 saturated carbocycles. The van der Waals surface area contributed by atoms with Crippen LogP contribution in [0.2, 0.25) is 0 Å². The number of esters is 1. The Morgan fingerprint density at radius 1 is 1.27 bits per heavy atom. The van der Waals surface area contributed by atoms with Gasteiger partial charge in [-0.3, -0.25) is 9.36 Å². The van der Waals surface area contributed by atoms with Crippen LogP contribution in [0.3, 0.4) is 0 Å². The van der Waals surface area contributed by atoms with E-state index >= 15 is 0 Å². The monoisotopic (exact) mass is 560 g/mol. The minimum absolute atomic E-state index is 0.120. The van der Waals surface area contributed by atoms with Gasteiger partial charge in [-0.25, -0.2) is 4.79 Å². The molecule has 1 amide bonds. The van der Waals surface area contributed by atoms with Gasteiger partial charge in [-0.2, -0.15) is 0 Å². The summed E-state index contributed by atoms with van der Waals surface area (Å²) in [7, 11) is 0. The smallest absolute Gasteiger partial charge is 0.341 e. The van der Waals surface area contributed by atoms with E-state index in [4.69, 9.17) is 9.47 Å². The third kappa shape index (κ3) is 6.10. The summed E-state index contributed by atoms with van der Waals surface area (Å²) in [5.41, 5.74) is 2.60. The molecule has 0 bridgehead atoms. The Morgan fingerprint density at radius 3 is 2.84 bits per heavy atom. The maximum Gasteiger partial charge on any atom is 0.341 e. The number of nitrogens with zero attached hydrogens (tertiary/aromatic N) is 3. The molecule has 0 radical (unpaired) electrons. The molecular weight excluding hydrogens is 529 g/mol.